The number of pyridine rings is 1. The fourth-order valence-corrected chi connectivity index (χ4v) is 3.35. The number of nitrogens with zero attached hydrogens (tertiary/aromatic N) is 4. The van der Waals surface area contributed by atoms with E-state index in [-0.39, 0.29) is 17.7 Å². The highest BCUT2D eigenvalue weighted by Crippen LogP contribution is 2.27. The number of benzene rings is 1. The minimum absolute atomic E-state index is 0.253. The van der Waals surface area contributed by atoms with Crippen LogP contribution in [0.1, 0.15) is 34.4 Å². The Morgan fingerprint density at radius 1 is 1.31 bits per heavy atom. The molecule has 0 fully saturated rings. The van der Waals surface area contributed by atoms with Gasteiger partial charge in [0.25, 0.3) is 0 Å². The molecular weight excluding hydrogens is 392 g/mol. The molecule has 0 saturated heterocycles. The van der Waals surface area contributed by atoms with Gasteiger partial charge in [0.2, 0.25) is 11.7 Å². The zero-order valence-corrected chi connectivity index (χ0v) is 16.9. The van der Waals surface area contributed by atoms with Gasteiger partial charge in [0, 0.05) is 5.56 Å². The molecule has 2 heterocycles. The van der Waals surface area contributed by atoms with Crippen molar-refractivity contribution in [2.24, 2.45) is 0 Å². The fraction of sp³-hybridized carbons (Fsp3) is 0.250. The van der Waals surface area contributed by atoms with Gasteiger partial charge in [-0.25, -0.2) is 9.78 Å². The van der Waals surface area contributed by atoms with Gasteiger partial charge in [-0.2, -0.15) is 10.2 Å². The van der Waals surface area contributed by atoms with Gasteiger partial charge in [-0.3, -0.25) is 0 Å². The summed E-state index contributed by atoms with van der Waals surface area (Å²) in [5, 5.41) is 13.9. The van der Waals surface area contributed by atoms with Gasteiger partial charge in [-0.1, -0.05) is 29.1 Å². The summed E-state index contributed by atoms with van der Waals surface area (Å²) in [6.07, 6.45) is 0. The number of nitriles is 1. The topological polar surface area (TPSA) is 111 Å². The maximum atomic E-state index is 12.0. The lowest BCUT2D eigenvalue weighted by Crippen LogP contribution is -2.09. The zero-order chi connectivity index (χ0) is 20.8. The van der Waals surface area contributed by atoms with Crippen molar-refractivity contribution in [3.8, 4) is 23.2 Å². The summed E-state index contributed by atoms with van der Waals surface area (Å²) in [5.74, 6) is 1.37. The van der Waals surface area contributed by atoms with E-state index in [1.54, 1.807) is 21.0 Å². The zero-order valence-electron chi connectivity index (χ0n) is 16.1. The van der Waals surface area contributed by atoms with Gasteiger partial charge in [-0.15, -0.1) is 0 Å². The van der Waals surface area contributed by atoms with E-state index in [0.29, 0.717) is 33.9 Å². The number of aromatic nitrogens is 3. The van der Waals surface area contributed by atoms with Gasteiger partial charge in [-0.05, 0) is 32.0 Å². The maximum absolute atomic E-state index is 12.0. The van der Waals surface area contributed by atoms with Crippen molar-refractivity contribution < 1.29 is 18.8 Å². The normalized spacial score (nSPS) is 10.4. The smallest absolute Gasteiger partial charge is 0.340 e. The number of hydrogen-bond donors (Lipinski definition) is 0. The number of methoxy groups -OCH3 is 1. The highest BCUT2D eigenvalue weighted by Gasteiger charge is 2.17. The fourth-order valence-electron chi connectivity index (χ4n) is 2.51. The van der Waals surface area contributed by atoms with Gasteiger partial charge in [0.1, 0.15) is 16.8 Å². The average molecular weight is 410 g/mol. The van der Waals surface area contributed by atoms with Crippen molar-refractivity contribution in [1.29, 1.82) is 5.26 Å². The number of aryl methyl sites for hydroxylation is 1. The van der Waals surface area contributed by atoms with E-state index in [9.17, 15) is 10.1 Å². The SMILES string of the molecule is CCOC(=O)c1cc(C#N)c(SCc2nc(-c3cccc(OC)c3)no2)nc1C. The first-order chi connectivity index (χ1) is 14.0. The number of rotatable bonds is 7. The van der Waals surface area contributed by atoms with Crippen molar-refractivity contribution in [1.82, 2.24) is 15.1 Å². The molecule has 0 aliphatic heterocycles. The van der Waals surface area contributed by atoms with Crippen LogP contribution in [0.2, 0.25) is 0 Å². The van der Waals surface area contributed by atoms with E-state index in [1.807, 2.05) is 24.3 Å². The Hall–Kier alpha value is -3.38. The summed E-state index contributed by atoms with van der Waals surface area (Å²) >= 11 is 1.28. The van der Waals surface area contributed by atoms with Crippen LogP contribution in [0.15, 0.2) is 39.9 Å². The van der Waals surface area contributed by atoms with Gasteiger partial charge >= 0.3 is 5.97 Å². The molecule has 9 heteroatoms. The molecule has 1 aromatic carbocycles. The first-order valence-electron chi connectivity index (χ1n) is 8.74. The van der Waals surface area contributed by atoms with Crippen LogP contribution in [0, 0.1) is 18.3 Å². The molecule has 0 aliphatic rings. The van der Waals surface area contributed by atoms with Crippen LogP contribution in [0.4, 0.5) is 0 Å². The number of carbonyl (C=O) groups excluding carboxylic acids is 1. The Morgan fingerprint density at radius 3 is 2.86 bits per heavy atom. The van der Waals surface area contributed by atoms with Crippen LogP contribution >= 0.6 is 11.8 Å². The summed E-state index contributed by atoms with van der Waals surface area (Å²) in [6.45, 7) is 3.68. The van der Waals surface area contributed by atoms with Crippen LogP contribution in [0.5, 0.6) is 5.75 Å². The quantitative estimate of drug-likeness (QED) is 0.424. The molecule has 0 aliphatic carbocycles. The summed E-state index contributed by atoms with van der Waals surface area (Å²) in [4.78, 5) is 20.8. The molecule has 0 spiro atoms. The van der Waals surface area contributed by atoms with E-state index in [4.69, 9.17) is 14.0 Å². The van der Waals surface area contributed by atoms with Crippen molar-refractivity contribution in [2.75, 3.05) is 13.7 Å². The van der Waals surface area contributed by atoms with Crippen LogP contribution in [0.25, 0.3) is 11.4 Å². The van der Waals surface area contributed by atoms with Crippen LogP contribution < -0.4 is 4.74 Å². The Labute approximate surface area is 171 Å². The van der Waals surface area contributed by atoms with Gasteiger partial charge < -0.3 is 14.0 Å². The second-order valence-corrected chi connectivity index (χ2v) is 6.80. The van der Waals surface area contributed by atoms with Crippen molar-refractivity contribution in [3.63, 3.8) is 0 Å². The Bertz CT molecular complexity index is 1070. The molecule has 0 atom stereocenters. The first kappa shape index (κ1) is 20.4. The molecule has 3 rings (SSSR count). The lowest BCUT2D eigenvalue weighted by atomic mass is 10.1. The third kappa shape index (κ3) is 4.73. The van der Waals surface area contributed by atoms with Crippen molar-refractivity contribution in [2.45, 2.75) is 24.6 Å². The van der Waals surface area contributed by atoms with E-state index < -0.39 is 5.97 Å². The van der Waals surface area contributed by atoms with Gasteiger partial charge in [0.15, 0.2) is 0 Å². The predicted octanol–water partition coefficient (Wildman–Crippen LogP) is 3.79. The summed E-state index contributed by atoms with van der Waals surface area (Å²) in [6, 6.07) is 10.9. The molecule has 8 nitrogen and oxygen atoms in total. The molecule has 2 aromatic heterocycles. The Morgan fingerprint density at radius 2 is 2.14 bits per heavy atom. The van der Waals surface area contributed by atoms with Crippen molar-refractivity contribution in [3.05, 3.63) is 53.0 Å². The number of esters is 1. The van der Waals surface area contributed by atoms with Crippen LogP contribution in [-0.2, 0) is 10.5 Å². The largest absolute Gasteiger partial charge is 0.497 e. The second kappa shape index (κ2) is 9.21. The second-order valence-electron chi connectivity index (χ2n) is 5.84. The molecule has 3 aromatic rings. The predicted molar refractivity (Wildman–Crippen MR) is 105 cm³/mol. The molecule has 0 unspecified atom stereocenters. The molecule has 0 saturated carbocycles. The van der Waals surface area contributed by atoms with E-state index in [1.165, 1.54) is 17.8 Å². The average Bonchev–Trinajstić information content (AvgIpc) is 3.21. The molecule has 0 bridgehead atoms. The summed E-state index contributed by atoms with van der Waals surface area (Å²) < 4.78 is 15.5. The molecular formula is C20H18N4O4S. The van der Waals surface area contributed by atoms with Crippen LogP contribution in [-0.4, -0.2) is 34.8 Å². The lowest BCUT2D eigenvalue weighted by Gasteiger charge is -2.08. The number of hydrogen-bond acceptors (Lipinski definition) is 9. The monoisotopic (exact) mass is 410 g/mol. The molecule has 0 amide bonds. The van der Waals surface area contributed by atoms with E-state index >= 15 is 0 Å². The minimum atomic E-state index is -0.495. The minimum Gasteiger partial charge on any atom is -0.497 e. The maximum Gasteiger partial charge on any atom is 0.340 e. The number of carbonyl (C=O) groups is 1. The Kier molecular flexibility index (Phi) is 6.46. The molecule has 148 valence electrons. The first-order valence-corrected chi connectivity index (χ1v) is 9.73. The summed E-state index contributed by atoms with van der Waals surface area (Å²) in [7, 11) is 1.59. The number of ether oxygens (including phenoxy) is 2. The van der Waals surface area contributed by atoms with Gasteiger partial charge in [0.05, 0.1) is 36.3 Å². The molecule has 0 radical (unpaired) electrons. The molecule has 29 heavy (non-hydrogen) atoms. The van der Waals surface area contributed by atoms with Crippen LogP contribution in [0.3, 0.4) is 0 Å². The highest BCUT2D eigenvalue weighted by molar-refractivity contribution is 7.98. The highest BCUT2D eigenvalue weighted by atomic mass is 32.2. The number of thioether (sulfide) groups is 1. The standard InChI is InChI=1S/C20H18N4O4S/c1-4-27-20(25)16-9-14(10-21)19(22-12(16)2)29-11-17-23-18(24-28-17)13-6-5-7-15(8-13)26-3/h5-9H,4,11H2,1-3H3. The lowest BCUT2D eigenvalue weighted by molar-refractivity contribution is 0.0524. The third-order valence-electron chi connectivity index (χ3n) is 3.92. The molecule has 0 N–H and O–H groups in total. The van der Waals surface area contributed by atoms with E-state index in [0.717, 1.165) is 5.56 Å². The Balaban J connectivity index is 1.76. The van der Waals surface area contributed by atoms with E-state index in [2.05, 4.69) is 21.2 Å². The third-order valence-corrected chi connectivity index (χ3v) is 4.90. The summed E-state index contributed by atoms with van der Waals surface area (Å²) in [5.41, 5.74) is 1.84. The van der Waals surface area contributed by atoms with Crippen molar-refractivity contribution >= 4 is 17.7 Å².